The summed E-state index contributed by atoms with van der Waals surface area (Å²) < 4.78 is 10.4. The summed E-state index contributed by atoms with van der Waals surface area (Å²) in [6.45, 7) is 3.12. The molecule has 0 aromatic heterocycles. The number of carbonyl (C=O) groups is 1. The zero-order chi connectivity index (χ0) is 14.9. The van der Waals surface area contributed by atoms with Gasteiger partial charge in [-0.15, -0.1) is 0 Å². The second-order valence-corrected chi connectivity index (χ2v) is 5.62. The molecule has 20 heavy (non-hydrogen) atoms. The average molecular weight is 280 g/mol. The fourth-order valence-corrected chi connectivity index (χ4v) is 2.17. The maximum Gasteiger partial charge on any atom is 0.311 e. The molecule has 1 aliphatic rings. The molecule has 0 amide bonds. The molecule has 0 fully saturated rings. The van der Waals surface area contributed by atoms with E-state index in [0.29, 0.717) is 24.3 Å². The normalized spacial score (nSPS) is 16.4. The van der Waals surface area contributed by atoms with Crippen molar-refractivity contribution in [2.75, 3.05) is 7.11 Å². The highest BCUT2D eigenvalue weighted by Crippen LogP contribution is 2.34. The van der Waals surface area contributed by atoms with E-state index in [1.807, 2.05) is 6.07 Å². The van der Waals surface area contributed by atoms with Crippen LogP contribution in [-0.2, 0) is 17.6 Å². The van der Waals surface area contributed by atoms with E-state index in [1.165, 1.54) is 7.11 Å². The Bertz CT molecular complexity index is 516. The minimum absolute atomic E-state index is 0.246. The van der Waals surface area contributed by atoms with Gasteiger partial charge in [-0.3, -0.25) is 4.79 Å². The Morgan fingerprint density at radius 1 is 1.40 bits per heavy atom. The van der Waals surface area contributed by atoms with E-state index in [0.717, 1.165) is 11.1 Å². The molecule has 0 aliphatic carbocycles. The summed E-state index contributed by atoms with van der Waals surface area (Å²) in [6.07, 6.45) is 0.338. The van der Waals surface area contributed by atoms with Crippen molar-refractivity contribution < 1.29 is 24.5 Å². The lowest BCUT2D eigenvalue weighted by Gasteiger charge is -2.26. The van der Waals surface area contributed by atoms with Crippen LogP contribution in [0.5, 0.6) is 11.5 Å². The Morgan fingerprint density at radius 2 is 2.10 bits per heavy atom. The second-order valence-electron chi connectivity index (χ2n) is 5.62. The standard InChI is InChI=1S/C15H20O5/c1-15(2,18)13(16)7-10-6-9-4-5-14(17)20-12(9)8-11(10)19-3/h6,8,13,16,18H,4-5,7H2,1-3H3. The largest absolute Gasteiger partial charge is 0.496 e. The number of carbonyl (C=O) groups excluding carboxylic acids is 1. The Balaban J connectivity index is 2.31. The van der Waals surface area contributed by atoms with Crippen molar-refractivity contribution in [2.45, 2.75) is 44.8 Å². The molecule has 2 rings (SSSR count). The van der Waals surface area contributed by atoms with E-state index in [-0.39, 0.29) is 12.4 Å². The van der Waals surface area contributed by atoms with Crippen molar-refractivity contribution in [1.82, 2.24) is 0 Å². The number of esters is 1. The van der Waals surface area contributed by atoms with Gasteiger partial charge in [0.15, 0.2) is 0 Å². The fraction of sp³-hybridized carbons (Fsp3) is 0.533. The van der Waals surface area contributed by atoms with Gasteiger partial charge in [-0.25, -0.2) is 0 Å². The molecule has 1 atom stereocenters. The number of hydrogen-bond acceptors (Lipinski definition) is 5. The molecule has 5 nitrogen and oxygen atoms in total. The summed E-state index contributed by atoms with van der Waals surface area (Å²) in [7, 11) is 1.52. The lowest BCUT2D eigenvalue weighted by atomic mass is 9.92. The Morgan fingerprint density at radius 3 is 2.70 bits per heavy atom. The summed E-state index contributed by atoms with van der Waals surface area (Å²) >= 11 is 0. The number of aliphatic hydroxyl groups is 2. The van der Waals surface area contributed by atoms with Crippen LogP contribution in [0.1, 0.15) is 31.4 Å². The first-order valence-corrected chi connectivity index (χ1v) is 6.62. The highest BCUT2D eigenvalue weighted by Gasteiger charge is 2.27. The Hall–Kier alpha value is -1.59. The number of benzene rings is 1. The summed E-state index contributed by atoms with van der Waals surface area (Å²) in [5.74, 6) is 0.810. The van der Waals surface area contributed by atoms with Crippen molar-refractivity contribution in [1.29, 1.82) is 0 Å². The number of aryl methyl sites for hydroxylation is 1. The van der Waals surface area contributed by atoms with Crippen LogP contribution in [0.4, 0.5) is 0 Å². The molecule has 0 saturated heterocycles. The minimum Gasteiger partial charge on any atom is -0.496 e. The van der Waals surface area contributed by atoms with Crippen molar-refractivity contribution in [3.05, 3.63) is 23.3 Å². The first-order valence-electron chi connectivity index (χ1n) is 6.62. The smallest absolute Gasteiger partial charge is 0.311 e. The van der Waals surface area contributed by atoms with Gasteiger partial charge in [0.1, 0.15) is 11.5 Å². The fourth-order valence-electron chi connectivity index (χ4n) is 2.17. The molecule has 0 spiro atoms. The Kier molecular flexibility index (Phi) is 4.01. The number of hydrogen-bond donors (Lipinski definition) is 2. The van der Waals surface area contributed by atoms with Crippen LogP contribution in [0.3, 0.4) is 0 Å². The summed E-state index contributed by atoms with van der Waals surface area (Å²) in [5.41, 5.74) is 0.523. The van der Waals surface area contributed by atoms with Crippen LogP contribution in [0.25, 0.3) is 0 Å². The van der Waals surface area contributed by atoms with Crippen molar-refractivity contribution >= 4 is 5.97 Å². The van der Waals surface area contributed by atoms with Gasteiger partial charge in [0.2, 0.25) is 0 Å². The number of aliphatic hydroxyl groups excluding tert-OH is 1. The van der Waals surface area contributed by atoms with Gasteiger partial charge in [-0.1, -0.05) is 0 Å². The Labute approximate surface area is 118 Å². The number of methoxy groups -OCH3 is 1. The van der Waals surface area contributed by atoms with E-state index in [9.17, 15) is 15.0 Å². The van der Waals surface area contributed by atoms with Crippen molar-refractivity contribution in [2.24, 2.45) is 0 Å². The molecule has 0 radical (unpaired) electrons. The predicted octanol–water partition coefficient (Wildman–Crippen LogP) is 1.22. The van der Waals surface area contributed by atoms with Crippen LogP contribution >= 0.6 is 0 Å². The van der Waals surface area contributed by atoms with Gasteiger partial charge >= 0.3 is 5.97 Å². The molecule has 1 aromatic rings. The molecule has 1 aliphatic heterocycles. The third-order valence-electron chi connectivity index (χ3n) is 3.51. The molecule has 1 heterocycles. The number of ether oxygens (including phenoxy) is 2. The number of rotatable bonds is 4. The van der Waals surface area contributed by atoms with E-state index >= 15 is 0 Å². The second kappa shape index (κ2) is 5.42. The molecule has 5 heteroatoms. The highest BCUT2D eigenvalue weighted by molar-refractivity contribution is 5.75. The zero-order valence-corrected chi connectivity index (χ0v) is 12.0. The first-order chi connectivity index (χ1) is 9.31. The third kappa shape index (κ3) is 3.11. The SMILES string of the molecule is COc1cc2c(cc1CC(O)C(C)(C)O)CCC(=O)O2. The first kappa shape index (κ1) is 14.8. The third-order valence-corrected chi connectivity index (χ3v) is 3.51. The molecular weight excluding hydrogens is 260 g/mol. The molecule has 0 saturated carbocycles. The molecule has 1 aromatic carbocycles. The maximum atomic E-state index is 11.3. The molecule has 2 N–H and O–H groups in total. The van der Waals surface area contributed by atoms with Gasteiger partial charge in [-0.2, -0.15) is 0 Å². The molecule has 0 bridgehead atoms. The van der Waals surface area contributed by atoms with E-state index in [1.54, 1.807) is 19.9 Å². The van der Waals surface area contributed by atoms with Crippen LogP contribution in [0.2, 0.25) is 0 Å². The topological polar surface area (TPSA) is 76.0 Å². The van der Waals surface area contributed by atoms with Crippen LogP contribution < -0.4 is 9.47 Å². The summed E-state index contributed by atoms with van der Waals surface area (Å²) in [6, 6.07) is 3.54. The average Bonchev–Trinajstić information content (AvgIpc) is 2.37. The predicted molar refractivity (Wildman–Crippen MR) is 73.0 cm³/mol. The van der Waals surface area contributed by atoms with E-state index in [4.69, 9.17) is 9.47 Å². The summed E-state index contributed by atoms with van der Waals surface area (Å²) in [4.78, 5) is 11.3. The number of fused-ring (bicyclic) bond motifs is 1. The van der Waals surface area contributed by atoms with Gasteiger partial charge < -0.3 is 19.7 Å². The lowest BCUT2D eigenvalue weighted by Crippen LogP contribution is -2.37. The molecule has 1 unspecified atom stereocenters. The van der Waals surface area contributed by atoms with E-state index in [2.05, 4.69) is 0 Å². The maximum absolute atomic E-state index is 11.3. The molecule has 110 valence electrons. The summed E-state index contributed by atoms with van der Waals surface area (Å²) in [5, 5.41) is 19.8. The van der Waals surface area contributed by atoms with Gasteiger partial charge in [0, 0.05) is 12.5 Å². The lowest BCUT2D eigenvalue weighted by molar-refractivity contribution is -0.135. The highest BCUT2D eigenvalue weighted by atomic mass is 16.5. The van der Waals surface area contributed by atoms with Gasteiger partial charge in [0.25, 0.3) is 0 Å². The van der Waals surface area contributed by atoms with Crippen molar-refractivity contribution in [3.8, 4) is 11.5 Å². The molecular formula is C15H20O5. The van der Waals surface area contributed by atoms with Crippen molar-refractivity contribution in [3.63, 3.8) is 0 Å². The minimum atomic E-state index is -1.19. The van der Waals surface area contributed by atoms with Gasteiger partial charge in [0.05, 0.1) is 25.2 Å². The van der Waals surface area contributed by atoms with Crippen LogP contribution in [0.15, 0.2) is 12.1 Å². The quantitative estimate of drug-likeness (QED) is 0.640. The zero-order valence-electron chi connectivity index (χ0n) is 12.0. The van der Waals surface area contributed by atoms with Gasteiger partial charge in [-0.05, 0) is 37.5 Å². The van der Waals surface area contributed by atoms with Crippen LogP contribution in [0, 0.1) is 0 Å². The van der Waals surface area contributed by atoms with Crippen LogP contribution in [-0.4, -0.2) is 35.0 Å². The van der Waals surface area contributed by atoms with E-state index < -0.39 is 11.7 Å². The monoisotopic (exact) mass is 280 g/mol.